The van der Waals surface area contributed by atoms with Crippen LogP contribution in [0, 0.1) is 13.8 Å². The maximum Gasteiger partial charge on any atom is 0.416 e. The van der Waals surface area contributed by atoms with E-state index in [4.69, 9.17) is 0 Å². The van der Waals surface area contributed by atoms with E-state index < -0.39 is 17.6 Å². The summed E-state index contributed by atoms with van der Waals surface area (Å²) in [5.74, 6) is -0.694. The SMILES string of the molecule is Cc1cc(/C=N\NC(=O)c2cccc(C(F)(F)F)c2)c(C)n1C(C)C. The van der Waals surface area contributed by atoms with Gasteiger partial charge in [0.25, 0.3) is 5.91 Å². The number of amides is 1. The van der Waals surface area contributed by atoms with E-state index in [2.05, 4.69) is 28.9 Å². The fourth-order valence-electron chi connectivity index (χ4n) is 2.79. The third kappa shape index (κ3) is 4.29. The van der Waals surface area contributed by atoms with E-state index in [1.165, 1.54) is 18.3 Å². The first-order valence-corrected chi connectivity index (χ1v) is 7.80. The summed E-state index contributed by atoms with van der Waals surface area (Å²) in [4.78, 5) is 12.0. The van der Waals surface area contributed by atoms with Crippen molar-refractivity contribution >= 4 is 12.1 Å². The third-order valence-electron chi connectivity index (χ3n) is 3.86. The molecule has 25 heavy (non-hydrogen) atoms. The summed E-state index contributed by atoms with van der Waals surface area (Å²) in [7, 11) is 0. The molecule has 0 radical (unpaired) electrons. The van der Waals surface area contributed by atoms with Crippen LogP contribution >= 0.6 is 0 Å². The van der Waals surface area contributed by atoms with Gasteiger partial charge in [0, 0.05) is 28.6 Å². The quantitative estimate of drug-likeness (QED) is 0.641. The largest absolute Gasteiger partial charge is 0.416 e. The number of hydrazone groups is 1. The Kier molecular flexibility index (Phi) is 5.35. The van der Waals surface area contributed by atoms with Crippen LogP contribution in [0.2, 0.25) is 0 Å². The number of aryl methyl sites for hydroxylation is 1. The lowest BCUT2D eigenvalue weighted by Crippen LogP contribution is -2.18. The first kappa shape index (κ1) is 18.8. The molecule has 0 spiro atoms. The predicted molar refractivity (Wildman–Crippen MR) is 90.8 cm³/mol. The lowest BCUT2D eigenvalue weighted by Gasteiger charge is -2.13. The predicted octanol–water partition coefficient (Wildman–Crippen LogP) is 4.47. The lowest BCUT2D eigenvalue weighted by atomic mass is 10.1. The monoisotopic (exact) mass is 351 g/mol. The minimum Gasteiger partial charge on any atom is -0.346 e. The number of benzene rings is 1. The van der Waals surface area contributed by atoms with Gasteiger partial charge in [-0.3, -0.25) is 4.79 Å². The first-order valence-electron chi connectivity index (χ1n) is 7.80. The van der Waals surface area contributed by atoms with Crippen molar-refractivity contribution in [1.29, 1.82) is 0 Å². The lowest BCUT2D eigenvalue weighted by molar-refractivity contribution is -0.137. The van der Waals surface area contributed by atoms with Crippen LogP contribution in [-0.4, -0.2) is 16.7 Å². The van der Waals surface area contributed by atoms with Gasteiger partial charge in [0.2, 0.25) is 0 Å². The van der Waals surface area contributed by atoms with Crippen molar-refractivity contribution in [1.82, 2.24) is 9.99 Å². The normalized spacial score (nSPS) is 12.2. The van der Waals surface area contributed by atoms with Gasteiger partial charge < -0.3 is 4.57 Å². The number of nitrogens with one attached hydrogen (secondary N) is 1. The fraction of sp³-hybridized carbons (Fsp3) is 0.333. The number of hydrogen-bond donors (Lipinski definition) is 1. The Morgan fingerprint density at radius 3 is 2.48 bits per heavy atom. The van der Waals surface area contributed by atoms with Gasteiger partial charge >= 0.3 is 6.18 Å². The minimum absolute atomic E-state index is 0.0976. The van der Waals surface area contributed by atoms with Crippen molar-refractivity contribution in [3.63, 3.8) is 0 Å². The first-order chi connectivity index (χ1) is 11.6. The summed E-state index contributed by atoms with van der Waals surface area (Å²) in [5.41, 5.74) is 4.21. The standard InChI is InChI=1S/C18H20F3N3O/c1-11(2)24-12(3)8-15(13(24)4)10-22-23-17(25)14-6-5-7-16(9-14)18(19,20)21/h5-11H,1-4H3,(H,23,25)/b22-10-. The van der Waals surface area contributed by atoms with Crippen molar-refractivity contribution in [3.8, 4) is 0 Å². The summed E-state index contributed by atoms with van der Waals surface area (Å²) in [6.45, 7) is 8.06. The van der Waals surface area contributed by atoms with Gasteiger partial charge in [-0.2, -0.15) is 18.3 Å². The molecule has 2 rings (SSSR count). The molecule has 134 valence electrons. The topological polar surface area (TPSA) is 46.4 Å². The van der Waals surface area contributed by atoms with E-state index in [0.29, 0.717) is 6.04 Å². The van der Waals surface area contributed by atoms with Gasteiger partial charge in [0.15, 0.2) is 0 Å². The molecule has 1 N–H and O–H groups in total. The van der Waals surface area contributed by atoms with Crippen molar-refractivity contribution in [3.05, 3.63) is 58.4 Å². The summed E-state index contributed by atoms with van der Waals surface area (Å²) in [5, 5.41) is 3.87. The smallest absolute Gasteiger partial charge is 0.346 e. The Morgan fingerprint density at radius 1 is 1.24 bits per heavy atom. The van der Waals surface area contributed by atoms with Crippen LogP contribution in [0.1, 0.15) is 52.8 Å². The molecule has 1 amide bonds. The summed E-state index contributed by atoms with van der Waals surface area (Å²) >= 11 is 0. The van der Waals surface area contributed by atoms with Gasteiger partial charge in [0.05, 0.1) is 11.8 Å². The van der Waals surface area contributed by atoms with Crippen LogP contribution in [0.5, 0.6) is 0 Å². The van der Waals surface area contributed by atoms with E-state index in [1.54, 1.807) is 0 Å². The molecule has 0 atom stereocenters. The van der Waals surface area contributed by atoms with Crippen molar-refractivity contribution < 1.29 is 18.0 Å². The molecule has 4 nitrogen and oxygen atoms in total. The average molecular weight is 351 g/mol. The van der Waals surface area contributed by atoms with Crippen LogP contribution in [-0.2, 0) is 6.18 Å². The van der Waals surface area contributed by atoms with Gasteiger partial charge in [-0.1, -0.05) is 6.07 Å². The molecular formula is C18H20F3N3O. The van der Waals surface area contributed by atoms with E-state index in [-0.39, 0.29) is 5.56 Å². The Bertz CT molecular complexity index is 804. The molecule has 1 heterocycles. The maximum absolute atomic E-state index is 12.7. The van der Waals surface area contributed by atoms with Crippen molar-refractivity contribution in [2.24, 2.45) is 5.10 Å². The molecule has 1 aromatic heterocycles. The number of alkyl halides is 3. The second-order valence-electron chi connectivity index (χ2n) is 6.07. The summed E-state index contributed by atoms with van der Waals surface area (Å²) in [6.07, 6.45) is -3.00. The minimum atomic E-state index is -4.49. The molecule has 0 aliphatic heterocycles. The zero-order chi connectivity index (χ0) is 18.8. The van der Waals surface area contributed by atoms with Gasteiger partial charge in [0.1, 0.15) is 0 Å². The van der Waals surface area contributed by atoms with Crippen LogP contribution in [0.3, 0.4) is 0 Å². The highest BCUT2D eigenvalue weighted by Crippen LogP contribution is 2.29. The van der Waals surface area contributed by atoms with Gasteiger partial charge in [-0.05, 0) is 52.0 Å². The van der Waals surface area contributed by atoms with E-state index >= 15 is 0 Å². The Morgan fingerprint density at radius 2 is 1.92 bits per heavy atom. The molecule has 0 saturated heterocycles. The van der Waals surface area contributed by atoms with Crippen LogP contribution < -0.4 is 5.43 Å². The molecule has 7 heteroatoms. The molecular weight excluding hydrogens is 331 g/mol. The number of aromatic nitrogens is 1. The highest BCUT2D eigenvalue weighted by atomic mass is 19.4. The van der Waals surface area contributed by atoms with Crippen molar-refractivity contribution in [2.75, 3.05) is 0 Å². The zero-order valence-corrected chi connectivity index (χ0v) is 14.5. The molecule has 2 aromatic rings. The highest BCUT2D eigenvalue weighted by Gasteiger charge is 2.30. The number of carbonyl (C=O) groups is 1. The van der Waals surface area contributed by atoms with E-state index in [9.17, 15) is 18.0 Å². The number of hydrogen-bond acceptors (Lipinski definition) is 2. The highest BCUT2D eigenvalue weighted by molar-refractivity contribution is 5.95. The molecule has 0 bridgehead atoms. The van der Waals surface area contributed by atoms with Crippen molar-refractivity contribution in [2.45, 2.75) is 39.9 Å². The second-order valence-corrected chi connectivity index (χ2v) is 6.07. The molecule has 0 unspecified atom stereocenters. The maximum atomic E-state index is 12.7. The Balaban J connectivity index is 2.13. The average Bonchev–Trinajstić information content (AvgIpc) is 2.80. The number of nitrogens with zero attached hydrogens (tertiary/aromatic N) is 2. The Labute approximate surface area is 144 Å². The number of carbonyl (C=O) groups excluding carboxylic acids is 1. The summed E-state index contributed by atoms with van der Waals surface area (Å²) < 4.78 is 40.2. The molecule has 1 aromatic carbocycles. The van der Waals surface area contributed by atoms with Crippen LogP contribution in [0.4, 0.5) is 13.2 Å². The van der Waals surface area contributed by atoms with Gasteiger partial charge in [-0.25, -0.2) is 5.43 Å². The Hall–Kier alpha value is -2.57. The number of halogens is 3. The molecule has 0 aliphatic rings. The number of rotatable bonds is 4. The van der Waals surface area contributed by atoms with Gasteiger partial charge in [-0.15, -0.1) is 0 Å². The summed E-state index contributed by atoms with van der Waals surface area (Å²) in [6, 6.07) is 6.45. The molecule has 0 aliphatic carbocycles. The third-order valence-corrected chi connectivity index (χ3v) is 3.86. The van der Waals surface area contributed by atoms with E-state index in [1.807, 2.05) is 19.9 Å². The fourth-order valence-corrected chi connectivity index (χ4v) is 2.79. The molecule has 0 fully saturated rings. The van der Waals surface area contributed by atoms with Crippen LogP contribution in [0.25, 0.3) is 0 Å². The molecule has 0 saturated carbocycles. The van der Waals surface area contributed by atoms with E-state index in [0.717, 1.165) is 29.1 Å². The van der Waals surface area contributed by atoms with Crippen LogP contribution in [0.15, 0.2) is 35.4 Å². The second kappa shape index (κ2) is 7.13. The zero-order valence-electron chi connectivity index (χ0n) is 14.5.